The van der Waals surface area contributed by atoms with E-state index >= 15 is 0 Å². The molecule has 1 spiro atoms. The van der Waals surface area contributed by atoms with Crippen LogP contribution >= 0.6 is 0 Å². The van der Waals surface area contributed by atoms with Gasteiger partial charge in [0.2, 0.25) is 0 Å². The number of hydrogen-bond acceptors (Lipinski definition) is 3. The summed E-state index contributed by atoms with van der Waals surface area (Å²) in [6, 6.07) is 11.6. The summed E-state index contributed by atoms with van der Waals surface area (Å²) < 4.78 is 2.16. The standard InChI is InChI=1S/C20H28N4/c1-23-14-12-22-19(23)16-24(13-7-17-5-3-2-4-6-17)18-15-20(18)8-10-21-11-9-20/h2-6,12,14,18,21H,7-11,13,15-16H2,1H3. The molecule has 1 atom stereocenters. The van der Waals surface area contributed by atoms with Crippen molar-refractivity contribution in [2.75, 3.05) is 19.6 Å². The summed E-state index contributed by atoms with van der Waals surface area (Å²) in [5.41, 5.74) is 2.01. The van der Waals surface area contributed by atoms with Gasteiger partial charge in [0.15, 0.2) is 0 Å². The molecule has 0 bridgehead atoms. The first-order valence-corrected chi connectivity index (χ1v) is 9.22. The van der Waals surface area contributed by atoms with Crippen molar-refractivity contribution in [3.63, 3.8) is 0 Å². The van der Waals surface area contributed by atoms with Gasteiger partial charge in [0.05, 0.1) is 6.54 Å². The van der Waals surface area contributed by atoms with Crippen LogP contribution in [0, 0.1) is 5.41 Å². The van der Waals surface area contributed by atoms with Crippen LogP contribution < -0.4 is 5.32 Å². The molecule has 1 aromatic heterocycles. The Morgan fingerprint density at radius 1 is 1.25 bits per heavy atom. The van der Waals surface area contributed by atoms with Gasteiger partial charge in [0, 0.05) is 32.0 Å². The summed E-state index contributed by atoms with van der Waals surface area (Å²) in [7, 11) is 2.10. The summed E-state index contributed by atoms with van der Waals surface area (Å²) in [5, 5.41) is 3.52. The van der Waals surface area contributed by atoms with Gasteiger partial charge in [-0.15, -0.1) is 0 Å². The van der Waals surface area contributed by atoms with E-state index < -0.39 is 0 Å². The van der Waals surface area contributed by atoms with Crippen molar-refractivity contribution in [3.05, 3.63) is 54.1 Å². The number of imidazole rings is 1. The van der Waals surface area contributed by atoms with E-state index in [1.54, 1.807) is 0 Å². The van der Waals surface area contributed by atoms with Gasteiger partial charge in [-0.25, -0.2) is 4.98 Å². The Balaban J connectivity index is 1.46. The Bertz CT molecular complexity index is 657. The minimum absolute atomic E-state index is 0.576. The van der Waals surface area contributed by atoms with Gasteiger partial charge >= 0.3 is 0 Å². The van der Waals surface area contributed by atoms with Crippen molar-refractivity contribution < 1.29 is 0 Å². The zero-order chi connectivity index (χ0) is 16.4. The molecule has 2 aliphatic rings. The average molecular weight is 324 g/mol. The largest absolute Gasteiger partial charge is 0.337 e. The monoisotopic (exact) mass is 324 g/mol. The number of piperidine rings is 1. The lowest BCUT2D eigenvalue weighted by Gasteiger charge is -2.29. The third-order valence-electron chi connectivity index (χ3n) is 5.98. The van der Waals surface area contributed by atoms with E-state index in [-0.39, 0.29) is 0 Å². The molecule has 1 N–H and O–H groups in total. The molecule has 24 heavy (non-hydrogen) atoms. The zero-order valence-corrected chi connectivity index (χ0v) is 14.6. The maximum atomic E-state index is 4.56. The van der Waals surface area contributed by atoms with Crippen LogP contribution in [-0.2, 0) is 20.0 Å². The molecule has 1 saturated carbocycles. The van der Waals surface area contributed by atoms with Gasteiger partial charge < -0.3 is 9.88 Å². The smallest absolute Gasteiger partial charge is 0.122 e. The van der Waals surface area contributed by atoms with Crippen molar-refractivity contribution >= 4 is 0 Å². The predicted molar refractivity (Wildman–Crippen MR) is 96.7 cm³/mol. The second-order valence-electron chi connectivity index (χ2n) is 7.49. The molecule has 4 nitrogen and oxygen atoms in total. The lowest BCUT2D eigenvalue weighted by Crippen LogP contribution is -2.37. The third kappa shape index (κ3) is 3.26. The highest BCUT2D eigenvalue weighted by Crippen LogP contribution is 2.55. The van der Waals surface area contributed by atoms with E-state index in [1.807, 2.05) is 6.20 Å². The first-order valence-electron chi connectivity index (χ1n) is 9.22. The molecule has 0 radical (unpaired) electrons. The number of nitrogens with one attached hydrogen (secondary N) is 1. The van der Waals surface area contributed by atoms with Crippen LogP contribution in [0.3, 0.4) is 0 Å². The van der Waals surface area contributed by atoms with Crippen molar-refractivity contribution in [2.45, 2.75) is 38.3 Å². The van der Waals surface area contributed by atoms with Crippen molar-refractivity contribution in [1.82, 2.24) is 19.8 Å². The van der Waals surface area contributed by atoms with Gasteiger partial charge in [-0.2, -0.15) is 0 Å². The molecular formula is C20H28N4. The Morgan fingerprint density at radius 3 is 2.75 bits per heavy atom. The highest BCUT2D eigenvalue weighted by Gasteiger charge is 2.56. The zero-order valence-electron chi connectivity index (χ0n) is 14.6. The number of aryl methyl sites for hydroxylation is 1. The fourth-order valence-electron chi connectivity index (χ4n) is 4.30. The van der Waals surface area contributed by atoms with Gasteiger partial charge in [-0.05, 0) is 49.8 Å². The maximum Gasteiger partial charge on any atom is 0.122 e. The van der Waals surface area contributed by atoms with Crippen LogP contribution in [0.15, 0.2) is 42.7 Å². The minimum Gasteiger partial charge on any atom is -0.337 e. The number of hydrogen-bond donors (Lipinski definition) is 1. The molecule has 2 fully saturated rings. The van der Waals surface area contributed by atoms with E-state index in [4.69, 9.17) is 0 Å². The normalized spacial score (nSPS) is 22.2. The maximum absolute atomic E-state index is 4.56. The summed E-state index contributed by atoms with van der Waals surface area (Å²) in [6.45, 7) is 4.46. The lowest BCUT2D eigenvalue weighted by molar-refractivity contribution is 0.192. The van der Waals surface area contributed by atoms with Crippen molar-refractivity contribution in [3.8, 4) is 0 Å². The first-order chi connectivity index (χ1) is 11.8. The topological polar surface area (TPSA) is 33.1 Å². The van der Waals surface area contributed by atoms with Gasteiger partial charge in [-0.1, -0.05) is 30.3 Å². The molecule has 2 heterocycles. The number of rotatable bonds is 6. The summed E-state index contributed by atoms with van der Waals surface area (Å²) in [6.07, 6.45) is 9.12. The number of benzene rings is 1. The molecule has 1 aliphatic carbocycles. The summed E-state index contributed by atoms with van der Waals surface area (Å²) >= 11 is 0. The highest BCUT2D eigenvalue weighted by atomic mass is 15.2. The fraction of sp³-hybridized carbons (Fsp3) is 0.550. The summed E-state index contributed by atoms with van der Waals surface area (Å²) in [4.78, 5) is 7.26. The molecule has 1 unspecified atom stereocenters. The van der Waals surface area contributed by atoms with Crippen LogP contribution in [0.4, 0.5) is 0 Å². The van der Waals surface area contributed by atoms with E-state index in [0.29, 0.717) is 5.41 Å². The molecule has 1 aromatic carbocycles. The second kappa shape index (κ2) is 6.69. The van der Waals surface area contributed by atoms with E-state index in [9.17, 15) is 0 Å². The Morgan fingerprint density at radius 2 is 2.04 bits per heavy atom. The summed E-state index contributed by atoms with van der Waals surface area (Å²) in [5.74, 6) is 1.18. The number of aromatic nitrogens is 2. The molecule has 0 amide bonds. The molecule has 1 saturated heterocycles. The Labute approximate surface area is 144 Å². The molecule has 2 aromatic rings. The van der Waals surface area contributed by atoms with Gasteiger partial charge in [0.1, 0.15) is 5.82 Å². The van der Waals surface area contributed by atoms with Crippen LogP contribution in [0.1, 0.15) is 30.7 Å². The lowest BCUT2D eigenvalue weighted by atomic mass is 9.93. The fourth-order valence-corrected chi connectivity index (χ4v) is 4.30. The molecule has 1 aliphatic heterocycles. The molecule has 4 heteroatoms. The van der Waals surface area contributed by atoms with Crippen LogP contribution in [0.5, 0.6) is 0 Å². The Kier molecular flexibility index (Phi) is 4.42. The van der Waals surface area contributed by atoms with Crippen molar-refractivity contribution in [2.24, 2.45) is 12.5 Å². The van der Waals surface area contributed by atoms with E-state index in [2.05, 4.69) is 63.3 Å². The predicted octanol–water partition coefficient (Wildman–Crippen LogP) is 2.61. The molecule has 128 valence electrons. The highest BCUT2D eigenvalue weighted by molar-refractivity contribution is 5.16. The minimum atomic E-state index is 0.576. The third-order valence-corrected chi connectivity index (χ3v) is 5.98. The molecular weight excluding hydrogens is 296 g/mol. The van der Waals surface area contributed by atoms with E-state index in [0.717, 1.165) is 25.6 Å². The van der Waals surface area contributed by atoms with Crippen LogP contribution in [0.2, 0.25) is 0 Å². The average Bonchev–Trinajstić information content (AvgIpc) is 3.14. The van der Waals surface area contributed by atoms with Gasteiger partial charge in [0.25, 0.3) is 0 Å². The van der Waals surface area contributed by atoms with Crippen molar-refractivity contribution in [1.29, 1.82) is 0 Å². The SMILES string of the molecule is Cn1ccnc1CN(CCc1ccccc1)C1CC12CCNCC2. The van der Waals surface area contributed by atoms with Crippen LogP contribution in [-0.4, -0.2) is 40.1 Å². The Hall–Kier alpha value is -1.65. The van der Waals surface area contributed by atoms with E-state index in [1.165, 1.54) is 43.7 Å². The van der Waals surface area contributed by atoms with Gasteiger partial charge in [-0.3, -0.25) is 4.90 Å². The second-order valence-corrected chi connectivity index (χ2v) is 7.49. The number of nitrogens with zero attached hydrogens (tertiary/aromatic N) is 3. The quantitative estimate of drug-likeness (QED) is 0.887. The first kappa shape index (κ1) is 15.9. The molecule has 4 rings (SSSR count). The van der Waals surface area contributed by atoms with Crippen LogP contribution in [0.25, 0.3) is 0 Å².